The van der Waals surface area contributed by atoms with Crippen molar-refractivity contribution < 1.29 is 0 Å². The number of nitrogens with one attached hydrogen (secondary N) is 1. The molecule has 0 aromatic carbocycles. The van der Waals surface area contributed by atoms with E-state index in [2.05, 4.69) is 17.1 Å². The lowest BCUT2D eigenvalue weighted by atomic mass is 9.84. The number of hydrogen-bond acceptors (Lipinski definition) is 2. The minimum atomic E-state index is 0.983. The summed E-state index contributed by atoms with van der Waals surface area (Å²) >= 11 is 0. The SMILES string of the molecule is CCN1CCC(C[C@@H]2CCCNC2)CC1. The van der Waals surface area contributed by atoms with Crippen LogP contribution in [-0.2, 0) is 0 Å². The first-order chi connectivity index (χ1) is 7.38. The van der Waals surface area contributed by atoms with Gasteiger partial charge in [0.25, 0.3) is 0 Å². The third-order valence-corrected chi connectivity index (χ3v) is 4.22. The van der Waals surface area contributed by atoms with Crippen LogP contribution >= 0.6 is 0 Å². The van der Waals surface area contributed by atoms with E-state index in [-0.39, 0.29) is 0 Å². The maximum atomic E-state index is 3.53. The van der Waals surface area contributed by atoms with Crippen LogP contribution in [0.2, 0.25) is 0 Å². The van der Waals surface area contributed by atoms with Gasteiger partial charge in [-0.3, -0.25) is 0 Å². The lowest BCUT2D eigenvalue weighted by molar-refractivity contribution is 0.166. The van der Waals surface area contributed by atoms with Gasteiger partial charge in [0.15, 0.2) is 0 Å². The summed E-state index contributed by atoms with van der Waals surface area (Å²) in [6.45, 7) is 8.77. The minimum Gasteiger partial charge on any atom is -0.316 e. The van der Waals surface area contributed by atoms with E-state index >= 15 is 0 Å². The van der Waals surface area contributed by atoms with Crippen molar-refractivity contribution in [2.45, 2.75) is 39.0 Å². The molecule has 2 heteroatoms. The van der Waals surface area contributed by atoms with Crippen LogP contribution < -0.4 is 5.32 Å². The Kier molecular flexibility index (Phi) is 4.45. The largest absolute Gasteiger partial charge is 0.316 e. The topological polar surface area (TPSA) is 15.3 Å². The summed E-state index contributed by atoms with van der Waals surface area (Å²) in [5.74, 6) is 2.01. The average molecular weight is 210 g/mol. The van der Waals surface area contributed by atoms with Gasteiger partial charge < -0.3 is 10.2 Å². The van der Waals surface area contributed by atoms with E-state index in [1.54, 1.807) is 0 Å². The molecule has 0 aromatic heterocycles. The highest BCUT2D eigenvalue weighted by Crippen LogP contribution is 2.27. The third-order valence-electron chi connectivity index (χ3n) is 4.22. The molecule has 2 aliphatic heterocycles. The molecular formula is C13H26N2. The van der Waals surface area contributed by atoms with Gasteiger partial charge in [0.2, 0.25) is 0 Å². The first-order valence-electron chi connectivity index (χ1n) is 6.81. The summed E-state index contributed by atoms with van der Waals surface area (Å²) < 4.78 is 0. The monoisotopic (exact) mass is 210 g/mol. The molecule has 0 aromatic rings. The Morgan fingerprint density at radius 1 is 1.13 bits per heavy atom. The second kappa shape index (κ2) is 5.86. The van der Waals surface area contributed by atoms with Gasteiger partial charge in [-0.25, -0.2) is 0 Å². The van der Waals surface area contributed by atoms with Crippen LogP contribution in [0, 0.1) is 11.8 Å². The lowest BCUT2D eigenvalue weighted by Crippen LogP contribution is -2.36. The van der Waals surface area contributed by atoms with Crippen molar-refractivity contribution >= 4 is 0 Å². The van der Waals surface area contributed by atoms with Crippen LogP contribution in [-0.4, -0.2) is 37.6 Å². The zero-order chi connectivity index (χ0) is 10.5. The molecule has 0 radical (unpaired) electrons. The van der Waals surface area contributed by atoms with Gasteiger partial charge in [0.1, 0.15) is 0 Å². The number of hydrogen-bond donors (Lipinski definition) is 1. The second-order valence-electron chi connectivity index (χ2n) is 5.33. The zero-order valence-electron chi connectivity index (χ0n) is 10.2. The van der Waals surface area contributed by atoms with Gasteiger partial charge in [-0.1, -0.05) is 6.92 Å². The number of rotatable bonds is 3. The van der Waals surface area contributed by atoms with E-state index in [1.165, 1.54) is 64.8 Å². The summed E-state index contributed by atoms with van der Waals surface area (Å²) in [6, 6.07) is 0. The van der Waals surface area contributed by atoms with Crippen molar-refractivity contribution in [2.75, 3.05) is 32.7 Å². The van der Waals surface area contributed by atoms with Crippen LogP contribution in [0.3, 0.4) is 0 Å². The molecular weight excluding hydrogens is 184 g/mol. The van der Waals surface area contributed by atoms with Crippen LogP contribution in [0.1, 0.15) is 39.0 Å². The highest BCUT2D eigenvalue weighted by molar-refractivity contribution is 4.77. The third kappa shape index (κ3) is 3.46. The highest BCUT2D eigenvalue weighted by Gasteiger charge is 2.22. The summed E-state index contributed by atoms with van der Waals surface area (Å²) in [4.78, 5) is 2.59. The lowest BCUT2D eigenvalue weighted by Gasteiger charge is -2.34. The fourth-order valence-corrected chi connectivity index (χ4v) is 3.13. The highest BCUT2D eigenvalue weighted by atomic mass is 15.1. The molecule has 1 atom stereocenters. The van der Waals surface area contributed by atoms with Gasteiger partial charge in [-0.05, 0) is 76.7 Å². The Morgan fingerprint density at radius 3 is 2.53 bits per heavy atom. The Morgan fingerprint density at radius 2 is 1.93 bits per heavy atom. The average Bonchev–Trinajstić information content (AvgIpc) is 2.31. The van der Waals surface area contributed by atoms with Gasteiger partial charge in [-0.15, -0.1) is 0 Å². The zero-order valence-corrected chi connectivity index (χ0v) is 10.2. The van der Waals surface area contributed by atoms with Crippen molar-refractivity contribution in [3.63, 3.8) is 0 Å². The molecule has 0 spiro atoms. The summed E-state index contributed by atoms with van der Waals surface area (Å²) in [7, 11) is 0. The molecule has 2 nitrogen and oxygen atoms in total. The Bertz CT molecular complexity index is 167. The molecule has 0 aliphatic carbocycles. The molecule has 0 bridgehead atoms. The van der Waals surface area contributed by atoms with E-state index < -0.39 is 0 Å². The fourth-order valence-electron chi connectivity index (χ4n) is 3.13. The van der Waals surface area contributed by atoms with Crippen molar-refractivity contribution in [2.24, 2.45) is 11.8 Å². The Labute approximate surface area is 94.4 Å². The van der Waals surface area contributed by atoms with Crippen LogP contribution in [0.4, 0.5) is 0 Å². The van der Waals surface area contributed by atoms with E-state index in [4.69, 9.17) is 0 Å². The molecule has 2 rings (SSSR count). The smallest absolute Gasteiger partial charge is 0.00162 e. The van der Waals surface area contributed by atoms with E-state index in [9.17, 15) is 0 Å². The second-order valence-corrected chi connectivity index (χ2v) is 5.33. The molecule has 2 heterocycles. The first kappa shape index (κ1) is 11.4. The number of likely N-dealkylation sites (tertiary alicyclic amines) is 1. The van der Waals surface area contributed by atoms with Crippen LogP contribution in [0.15, 0.2) is 0 Å². The van der Waals surface area contributed by atoms with Gasteiger partial charge in [0.05, 0.1) is 0 Å². The van der Waals surface area contributed by atoms with E-state index in [0.717, 1.165) is 11.8 Å². The Balaban J connectivity index is 1.67. The van der Waals surface area contributed by atoms with Gasteiger partial charge >= 0.3 is 0 Å². The van der Waals surface area contributed by atoms with Gasteiger partial charge in [-0.2, -0.15) is 0 Å². The molecule has 0 unspecified atom stereocenters. The van der Waals surface area contributed by atoms with Crippen molar-refractivity contribution in [3.05, 3.63) is 0 Å². The molecule has 2 fully saturated rings. The summed E-state index contributed by atoms with van der Waals surface area (Å²) in [5.41, 5.74) is 0. The molecule has 0 saturated carbocycles. The molecule has 2 saturated heterocycles. The standard InChI is InChI=1S/C13H26N2/c1-2-15-8-5-12(6-9-15)10-13-4-3-7-14-11-13/h12-14H,2-11H2,1H3/t13-/m0/s1. The maximum Gasteiger partial charge on any atom is -0.00162 e. The maximum absolute atomic E-state index is 3.53. The van der Waals surface area contributed by atoms with E-state index in [0.29, 0.717) is 0 Å². The van der Waals surface area contributed by atoms with E-state index in [1.807, 2.05) is 0 Å². The first-order valence-corrected chi connectivity index (χ1v) is 6.81. The predicted octanol–water partition coefficient (Wildman–Crippen LogP) is 2.11. The molecule has 0 amide bonds. The normalized spacial score (nSPS) is 30.6. The van der Waals surface area contributed by atoms with Gasteiger partial charge in [0, 0.05) is 0 Å². The molecule has 15 heavy (non-hydrogen) atoms. The predicted molar refractivity (Wildman–Crippen MR) is 65.0 cm³/mol. The van der Waals surface area contributed by atoms with Crippen molar-refractivity contribution in [1.82, 2.24) is 10.2 Å². The minimum absolute atomic E-state index is 0.983. The van der Waals surface area contributed by atoms with Crippen LogP contribution in [0.5, 0.6) is 0 Å². The summed E-state index contributed by atoms with van der Waals surface area (Å²) in [6.07, 6.45) is 7.26. The van der Waals surface area contributed by atoms with Crippen LogP contribution in [0.25, 0.3) is 0 Å². The fraction of sp³-hybridized carbons (Fsp3) is 1.00. The number of nitrogens with zero attached hydrogens (tertiary/aromatic N) is 1. The molecule has 88 valence electrons. The molecule has 1 N–H and O–H groups in total. The van der Waals surface area contributed by atoms with Crippen molar-refractivity contribution in [1.29, 1.82) is 0 Å². The summed E-state index contributed by atoms with van der Waals surface area (Å²) in [5, 5.41) is 3.53. The van der Waals surface area contributed by atoms with Crippen molar-refractivity contribution in [3.8, 4) is 0 Å². The Hall–Kier alpha value is -0.0800. The number of piperidine rings is 2. The molecule has 2 aliphatic rings. The quantitative estimate of drug-likeness (QED) is 0.767.